The van der Waals surface area contributed by atoms with E-state index in [9.17, 15) is 0 Å². The van der Waals surface area contributed by atoms with E-state index in [1.807, 2.05) is 0 Å². The molecule has 0 amide bonds. The van der Waals surface area contributed by atoms with Crippen LogP contribution in [-0.4, -0.2) is 26.1 Å². The zero-order valence-corrected chi connectivity index (χ0v) is 10.9. The standard InChI is InChI=1S/C13H18O2S/c1-9-5-12(14-3)10(2)4-11(9)13(8-16)6-15-7-13/h4-5,16H,6-8H2,1-3H3. The molecule has 0 atom stereocenters. The molecular weight excluding hydrogens is 220 g/mol. The quantitative estimate of drug-likeness (QED) is 0.816. The zero-order valence-electron chi connectivity index (χ0n) is 10.0. The molecule has 1 aromatic rings. The monoisotopic (exact) mass is 238 g/mol. The number of rotatable bonds is 3. The Labute approximate surface area is 102 Å². The third kappa shape index (κ3) is 1.72. The molecule has 0 aliphatic carbocycles. The highest BCUT2D eigenvalue weighted by atomic mass is 32.1. The van der Waals surface area contributed by atoms with Gasteiger partial charge in [-0.05, 0) is 36.6 Å². The number of aryl methyl sites for hydroxylation is 2. The maximum absolute atomic E-state index is 5.35. The lowest BCUT2D eigenvalue weighted by atomic mass is 9.77. The molecule has 2 rings (SSSR count). The van der Waals surface area contributed by atoms with Crippen LogP contribution in [0.4, 0.5) is 0 Å². The summed E-state index contributed by atoms with van der Waals surface area (Å²) in [5, 5.41) is 0. The van der Waals surface area contributed by atoms with Crippen LogP contribution in [0, 0.1) is 13.8 Å². The lowest BCUT2D eigenvalue weighted by Crippen LogP contribution is -2.48. The number of methoxy groups -OCH3 is 1. The van der Waals surface area contributed by atoms with Gasteiger partial charge in [0.1, 0.15) is 5.75 Å². The van der Waals surface area contributed by atoms with Crippen molar-refractivity contribution in [2.45, 2.75) is 19.3 Å². The van der Waals surface area contributed by atoms with Gasteiger partial charge in [0.05, 0.1) is 25.7 Å². The van der Waals surface area contributed by atoms with Crippen LogP contribution in [0.2, 0.25) is 0 Å². The molecule has 2 nitrogen and oxygen atoms in total. The molecule has 1 heterocycles. The van der Waals surface area contributed by atoms with Gasteiger partial charge in [-0.1, -0.05) is 6.07 Å². The minimum absolute atomic E-state index is 0.115. The Morgan fingerprint density at radius 3 is 2.44 bits per heavy atom. The van der Waals surface area contributed by atoms with Gasteiger partial charge in [-0.3, -0.25) is 0 Å². The van der Waals surface area contributed by atoms with E-state index in [4.69, 9.17) is 9.47 Å². The molecule has 1 aliphatic rings. The van der Waals surface area contributed by atoms with Crippen molar-refractivity contribution in [2.75, 3.05) is 26.1 Å². The van der Waals surface area contributed by atoms with Crippen molar-refractivity contribution in [3.05, 3.63) is 28.8 Å². The third-order valence-electron chi connectivity index (χ3n) is 3.37. The molecule has 1 aromatic carbocycles. The van der Waals surface area contributed by atoms with E-state index >= 15 is 0 Å². The summed E-state index contributed by atoms with van der Waals surface area (Å²) < 4.78 is 10.7. The van der Waals surface area contributed by atoms with Gasteiger partial charge in [0.15, 0.2) is 0 Å². The van der Waals surface area contributed by atoms with Crippen LogP contribution in [0.25, 0.3) is 0 Å². The molecule has 16 heavy (non-hydrogen) atoms. The summed E-state index contributed by atoms with van der Waals surface area (Å²) in [6.07, 6.45) is 0. The number of thiol groups is 1. The summed E-state index contributed by atoms with van der Waals surface area (Å²) in [6, 6.07) is 4.32. The van der Waals surface area contributed by atoms with Crippen molar-refractivity contribution in [1.29, 1.82) is 0 Å². The Balaban J connectivity index is 2.45. The van der Waals surface area contributed by atoms with Gasteiger partial charge in [-0.15, -0.1) is 0 Å². The number of hydrogen-bond acceptors (Lipinski definition) is 3. The zero-order chi connectivity index (χ0) is 11.8. The van der Waals surface area contributed by atoms with Gasteiger partial charge in [0.25, 0.3) is 0 Å². The van der Waals surface area contributed by atoms with E-state index in [2.05, 4.69) is 38.6 Å². The average Bonchev–Trinajstić information content (AvgIpc) is 2.22. The minimum atomic E-state index is 0.115. The van der Waals surface area contributed by atoms with E-state index in [0.29, 0.717) is 0 Å². The Kier molecular flexibility index (Phi) is 3.17. The van der Waals surface area contributed by atoms with Crippen molar-refractivity contribution in [3.63, 3.8) is 0 Å². The third-order valence-corrected chi connectivity index (χ3v) is 3.98. The highest BCUT2D eigenvalue weighted by molar-refractivity contribution is 7.80. The van der Waals surface area contributed by atoms with Gasteiger partial charge in [0.2, 0.25) is 0 Å². The lowest BCUT2D eigenvalue weighted by molar-refractivity contribution is -0.0474. The van der Waals surface area contributed by atoms with E-state index in [1.54, 1.807) is 7.11 Å². The van der Waals surface area contributed by atoms with Crippen LogP contribution in [0.1, 0.15) is 16.7 Å². The summed E-state index contributed by atoms with van der Waals surface area (Å²) in [5.74, 6) is 1.79. The fourth-order valence-corrected chi connectivity index (χ4v) is 2.61. The summed E-state index contributed by atoms with van der Waals surface area (Å²) in [6.45, 7) is 5.76. The maximum atomic E-state index is 5.35. The predicted octanol–water partition coefficient (Wildman–Crippen LogP) is 2.51. The van der Waals surface area contributed by atoms with Gasteiger partial charge >= 0.3 is 0 Å². The molecule has 0 bridgehead atoms. The fourth-order valence-electron chi connectivity index (χ4n) is 2.26. The fraction of sp³-hybridized carbons (Fsp3) is 0.538. The van der Waals surface area contributed by atoms with Crippen LogP contribution in [0.3, 0.4) is 0 Å². The molecule has 88 valence electrons. The van der Waals surface area contributed by atoms with Crippen molar-refractivity contribution >= 4 is 12.6 Å². The summed E-state index contributed by atoms with van der Waals surface area (Å²) >= 11 is 4.46. The second-order valence-corrected chi connectivity index (χ2v) is 4.88. The van der Waals surface area contributed by atoms with Gasteiger partial charge < -0.3 is 9.47 Å². The van der Waals surface area contributed by atoms with Crippen LogP contribution in [0.15, 0.2) is 12.1 Å². The average molecular weight is 238 g/mol. The Hall–Kier alpha value is -0.670. The highest BCUT2D eigenvalue weighted by Crippen LogP contribution is 2.37. The normalized spacial score (nSPS) is 18.0. The van der Waals surface area contributed by atoms with E-state index in [-0.39, 0.29) is 5.41 Å². The maximum Gasteiger partial charge on any atom is 0.122 e. The van der Waals surface area contributed by atoms with Gasteiger partial charge in [-0.25, -0.2) is 0 Å². The highest BCUT2D eigenvalue weighted by Gasteiger charge is 2.40. The molecule has 0 N–H and O–H groups in total. The smallest absolute Gasteiger partial charge is 0.122 e. The molecule has 0 unspecified atom stereocenters. The predicted molar refractivity (Wildman–Crippen MR) is 68.8 cm³/mol. The molecule has 3 heteroatoms. The lowest BCUT2D eigenvalue weighted by Gasteiger charge is -2.42. The first-order chi connectivity index (χ1) is 7.63. The van der Waals surface area contributed by atoms with Crippen molar-refractivity contribution < 1.29 is 9.47 Å². The first kappa shape index (κ1) is 11.8. The largest absolute Gasteiger partial charge is 0.496 e. The van der Waals surface area contributed by atoms with Crippen LogP contribution < -0.4 is 4.74 Å². The molecule has 0 aromatic heterocycles. The van der Waals surface area contributed by atoms with Crippen LogP contribution >= 0.6 is 12.6 Å². The molecule has 0 radical (unpaired) electrons. The summed E-state index contributed by atoms with van der Waals surface area (Å²) in [5.41, 5.74) is 3.91. The van der Waals surface area contributed by atoms with Gasteiger partial charge in [-0.2, -0.15) is 12.6 Å². The molecule has 1 aliphatic heterocycles. The SMILES string of the molecule is COc1cc(C)c(C2(CS)COC2)cc1C. The number of benzene rings is 1. The Morgan fingerprint density at radius 1 is 1.31 bits per heavy atom. The van der Waals surface area contributed by atoms with Crippen LogP contribution in [0.5, 0.6) is 5.75 Å². The second-order valence-electron chi connectivity index (χ2n) is 4.57. The molecule has 1 saturated heterocycles. The summed E-state index contributed by atoms with van der Waals surface area (Å²) in [7, 11) is 1.71. The second kappa shape index (κ2) is 4.30. The molecule has 0 spiro atoms. The Morgan fingerprint density at radius 2 is 2.00 bits per heavy atom. The van der Waals surface area contributed by atoms with E-state index in [1.165, 1.54) is 16.7 Å². The topological polar surface area (TPSA) is 18.5 Å². The van der Waals surface area contributed by atoms with Crippen LogP contribution in [-0.2, 0) is 10.2 Å². The minimum Gasteiger partial charge on any atom is -0.496 e. The van der Waals surface area contributed by atoms with Gasteiger partial charge in [0, 0.05) is 5.75 Å². The van der Waals surface area contributed by atoms with Crippen molar-refractivity contribution in [3.8, 4) is 5.75 Å². The van der Waals surface area contributed by atoms with E-state index in [0.717, 1.165) is 24.7 Å². The van der Waals surface area contributed by atoms with Crippen molar-refractivity contribution in [1.82, 2.24) is 0 Å². The number of ether oxygens (including phenoxy) is 2. The first-order valence-electron chi connectivity index (χ1n) is 5.47. The van der Waals surface area contributed by atoms with E-state index < -0.39 is 0 Å². The first-order valence-corrected chi connectivity index (χ1v) is 6.10. The Bertz CT molecular complexity index is 392. The summed E-state index contributed by atoms with van der Waals surface area (Å²) in [4.78, 5) is 0. The molecule has 0 saturated carbocycles. The molecular formula is C13H18O2S. The number of hydrogen-bond donors (Lipinski definition) is 1. The van der Waals surface area contributed by atoms with Crippen molar-refractivity contribution in [2.24, 2.45) is 0 Å². The molecule has 1 fully saturated rings.